The maximum Gasteiger partial charge on any atom is 0.241 e. The van der Waals surface area contributed by atoms with Crippen LogP contribution >= 0.6 is 0 Å². The highest BCUT2D eigenvalue weighted by molar-refractivity contribution is 5.78. The zero-order valence-corrected chi connectivity index (χ0v) is 13.8. The molecule has 0 spiro atoms. The highest BCUT2D eigenvalue weighted by atomic mass is 15.3. The van der Waals surface area contributed by atoms with Crippen LogP contribution in [0.1, 0.15) is 12.8 Å². The van der Waals surface area contributed by atoms with E-state index >= 15 is 0 Å². The molecule has 1 saturated carbocycles. The van der Waals surface area contributed by atoms with Gasteiger partial charge in [-0.3, -0.25) is 0 Å². The van der Waals surface area contributed by atoms with E-state index in [0.29, 0.717) is 18.0 Å². The van der Waals surface area contributed by atoms with Crippen molar-refractivity contribution < 1.29 is 0 Å². The van der Waals surface area contributed by atoms with Crippen molar-refractivity contribution in [2.75, 3.05) is 12.4 Å². The van der Waals surface area contributed by atoms with E-state index in [9.17, 15) is 0 Å². The van der Waals surface area contributed by atoms with E-state index in [-0.39, 0.29) is 0 Å². The fourth-order valence-corrected chi connectivity index (χ4v) is 3.30. The SMILES string of the molecule is CN[C@H]1C[C@@H](Nc2ncc3c(-c4ccc5nccn5n4)ccn3n2)C1. The Labute approximate surface area is 143 Å². The second kappa shape index (κ2) is 5.52. The molecule has 4 aromatic heterocycles. The zero-order valence-electron chi connectivity index (χ0n) is 13.8. The van der Waals surface area contributed by atoms with Crippen molar-refractivity contribution in [2.24, 2.45) is 0 Å². The summed E-state index contributed by atoms with van der Waals surface area (Å²) in [5, 5.41) is 15.8. The normalized spacial score (nSPS) is 20.0. The molecule has 0 saturated heterocycles. The van der Waals surface area contributed by atoms with Gasteiger partial charge in [-0.2, -0.15) is 5.10 Å². The molecule has 25 heavy (non-hydrogen) atoms. The lowest BCUT2D eigenvalue weighted by atomic mass is 9.87. The van der Waals surface area contributed by atoms with Crippen molar-refractivity contribution in [3.8, 4) is 11.3 Å². The number of imidazole rings is 1. The summed E-state index contributed by atoms with van der Waals surface area (Å²) in [4.78, 5) is 8.71. The van der Waals surface area contributed by atoms with Crippen molar-refractivity contribution in [2.45, 2.75) is 24.9 Å². The largest absolute Gasteiger partial charge is 0.350 e. The number of aromatic nitrogens is 6. The molecule has 8 heteroatoms. The Hall–Kier alpha value is -3.00. The molecule has 0 amide bonds. The fraction of sp³-hybridized carbons (Fsp3) is 0.294. The molecule has 126 valence electrons. The highest BCUT2D eigenvalue weighted by Crippen LogP contribution is 2.25. The fourth-order valence-electron chi connectivity index (χ4n) is 3.30. The molecule has 4 aromatic rings. The molecule has 0 atom stereocenters. The molecule has 1 aliphatic rings. The Kier molecular flexibility index (Phi) is 3.17. The van der Waals surface area contributed by atoms with E-state index in [4.69, 9.17) is 0 Å². The van der Waals surface area contributed by atoms with Gasteiger partial charge in [0.05, 0.1) is 17.4 Å². The van der Waals surface area contributed by atoms with E-state index < -0.39 is 0 Å². The summed E-state index contributed by atoms with van der Waals surface area (Å²) < 4.78 is 3.61. The van der Waals surface area contributed by atoms with Gasteiger partial charge in [0.15, 0.2) is 5.65 Å². The minimum Gasteiger partial charge on any atom is -0.350 e. The second-order valence-electron chi connectivity index (χ2n) is 6.39. The Morgan fingerprint density at radius 1 is 1.00 bits per heavy atom. The van der Waals surface area contributed by atoms with Crippen LogP contribution in [0.4, 0.5) is 5.95 Å². The molecular formula is C17H18N8. The van der Waals surface area contributed by atoms with E-state index in [0.717, 1.165) is 35.3 Å². The maximum absolute atomic E-state index is 4.60. The molecule has 0 aromatic carbocycles. The van der Waals surface area contributed by atoms with Crippen LogP contribution in [0, 0.1) is 0 Å². The lowest BCUT2D eigenvalue weighted by Gasteiger charge is -2.35. The Morgan fingerprint density at radius 2 is 1.92 bits per heavy atom. The summed E-state index contributed by atoms with van der Waals surface area (Å²) >= 11 is 0. The van der Waals surface area contributed by atoms with E-state index in [1.807, 2.05) is 48.4 Å². The monoisotopic (exact) mass is 334 g/mol. The van der Waals surface area contributed by atoms with Gasteiger partial charge < -0.3 is 10.6 Å². The number of fused-ring (bicyclic) bond motifs is 2. The third-order valence-electron chi connectivity index (χ3n) is 4.83. The second-order valence-corrected chi connectivity index (χ2v) is 6.39. The predicted octanol–water partition coefficient (Wildman–Crippen LogP) is 1.60. The Bertz CT molecular complexity index is 1040. The molecule has 0 bridgehead atoms. The van der Waals surface area contributed by atoms with Crippen LogP contribution < -0.4 is 10.6 Å². The van der Waals surface area contributed by atoms with Gasteiger partial charge in [-0.25, -0.2) is 19.0 Å². The lowest BCUT2D eigenvalue weighted by Crippen LogP contribution is -2.46. The minimum absolute atomic E-state index is 0.440. The summed E-state index contributed by atoms with van der Waals surface area (Å²) in [6, 6.07) is 6.98. The van der Waals surface area contributed by atoms with Crippen LogP contribution in [-0.2, 0) is 0 Å². The average Bonchev–Trinajstić information content (AvgIpc) is 3.23. The van der Waals surface area contributed by atoms with Crippen LogP contribution in [-0.4, -0.2) is 48.3 Å². The summed E-state index contributed by atoms with van der Waals surface area (Å²) in [7, 11) is 2.00. The van der Waals surface area contributed by atoms with Crippen molar-refractivity contribution in [1.82, 2.24) is 34.5 Å². The molecule has 1 aliphatic carbocycles. The Balaban J connectivity index is 1.45. The third kappa shape index (κ3) is 2.42. The van der Waals surface area contributed by atoms with Crippen LogP contribution in [0.5, 0.6) is 0 Å². The van der Waals surface area contributed by atoms with Crippen molar-refractivity contribution in [1.29, 1.82) is 0 Å². The standard InChI is InChI=1S/C17H18N8/c1-18-11-8-12(9-11)21-17-20-10-15-13(4-6-24(15)23-17)14-2-3-16-19-5-7-25(16)22-14/h2-7,10-12,18H,8-9H2,1H3,(H,21,23)/t11-,12+. The van der Waals surface area contributed by atoms with Gasteiger partial charge in [0, 0.05) is 36.2 Å². The van der Waals surface area contributed by atoms with Crippen LogP contribution in [0.25, 0.3) is 22.4 Å². The molecule has 5 rings (SSSR count). The van der Waals surface area contributed by atoms with Gasteiger partial charge in [0.1, 0.15) is 0 Å². The predicted molar refractivity (Wildman–Crippen MR) is 94.5 cm³/mol. The molecule has 8 nitrogen and oxygen atoms in total. The molecular weight excluding hydrogens is 316 g/mol. The molecule has 0 radical (unpaired) electrons. The lowest BCUT2D eigenvalue weighted by molar-refractivity contribution is 0.325. The topological polar surface area (TPSA) is 84.4 Å². The summed E-state index contributed by atoms with van der Waals surface area (Å²) in [6.45, 7) is 0. The van der Waals surface area contributed by atoms with E-state index in [1.165, 1.54) is 0 Å². The third-order valence-corrected chi connectivity index (χ3v) is 4.83. The van der Waals surface area contributed by atoms with Crippen LogP contribution in [0.3, 0.4) is 0 Å². The number of hydrogen-bond acceptors (Lipinski definition) is 6. The van der Waals surface area contributed by atoms with E-state index in [1.54, 1.807) is 10.7 Å². The first-order valence-corrected chi connectivity index (χ1v) is 8.39. The van der Waals surface area contributed by atoms with Crippen LogP contribution in [0.2, 0.25) is 0 Å². The van der Waals surface area contributed by atoms with Gasteiger partial charge >= 0.3 is 0 Å². The molecule has 0 aliphatic heterocycles. The van der Waals surface area contributed by atoms with Gasteiger partial charge in [0.2, 0.25) is 5.95 Å². The average molecular weight is 334 g/mol. The van der Waals surface area contributed by atoms with E-state index in [2.05, 4.69) is 30.8 Å². The summed E-state index contributed by atoms with van der Waals surface area (Å²) in [5.74, 6) is 0.659. The Morgan fingerprint density at radius 3 is 2.80 bits per heavy atom. The number of anilines is 1. The first-order chi connectivity index (χ1) is 12.3. The number of hydrogen-bond donors (Lipinski definition) is 2. The minimum atomic E-state index is 0.440. The van der Waals surface area contributed by atoms with Gasteiger partial charge in [0.25, 0.3) is 0 Å². The zero-order chi connectivity index (χ0) is 16.8. The van der Waals surface area contributed by atoms with Crippen molar-refractivity contribution in [3.05, 3.63) is 43.0 Å². The van der Waals surface area contributed by atoms with Crippen LogP contribution in [0.15, 0.2) is 43.0 Å². The first-order valence-electron chi connectivity index (χ1n) is 8.39. The van der Waals surface area contributed by atoms with Gasteiger partial charge in [-0.15, -0.1) is 5.10 Å². The highest BCUT2D eigenvalue weighted by Gasteiger charge is 2.28. The smallest absolute Gasteiger partial charge is 0.241 e. The maximum atomic E-state index is 4.60. The first kappa shape index (κ1) is 14.4. The quantitative estimate of drug-likeness (QED) is 0.590. The number of nitrogens with one attached hydrogen (secondary N) is 2. The number of rotatable bonds is 4. The van der Waals surface area contributed by atoms with Crippen molar-refractivity contribution in [3.63, 3.8) is 0 Å². The molecule has 0 unspecified atom stereocenters. The van der Waals surface area contributed by atoms with Crippen molar-refractivity contribution >= 4 is 17.1 Å². The molecule has 1 fully saturated rings. The van der Waals surface area contributed by atoms with Gasteiger partial charge in [-0.1, -0.05) is 0 Å². The molecule has 4 heterocycles. The van der Waals surface area contributed by atoms with Gasteiger partial charge in [-0.05, 0) is 38.1 Å². The number of nitrogens with zero attached hydrogens (tertiary/aromatic N) is 6. The summed E-state index contributed by atoms with van der Waals surface area (Å²) in [6.07, 6.45) is 9.57. The summed E-state index contributed by atoms with van der Waals surface area (Å²) in [5.41, 5.74) is 3.63. The molecule has 2 N–H and O–H groups in total.